The number of ether oxygens (including phenoxy) is 3. The second kappa shape index (κ2) is 11.4. The van der Waals surface area contributed by atoms with Gasteiger partial charge in [-0.3, -0.25) is 4.79 Å². The van der Waals surface area contributed by atoms with Crippen molar-refractivity contribution in [2.75, 3.05) is 19.5 Å². The van der Waals surface area contributed by atoms with Crippen molar-refractivity contribution in [3.8, 4) is 17.2 Å². The Hall–Kier alpha value is -2.62. The summed E-state index contributed by atoms with van der Waals surface area (Å²) >= 11 is 8.44. The zero-order valence-corrected chi connectivity index (χ0v) is 23.3. The summed E-state index contributed by atoms with van der Waals surface area (Å²) in [5, 5.41) is 6.29. The lowest BCUT2D eigenvalue weighted by Gasteiger charge is -2.16. The van der Waals surface area contributed by atoms with Gasteiger partial charge in [0.1, 0.15) is 12.4 Å². The van der Waals surface area contributed by atoms with Gasteiger partial charge < -0.3 is 24.8 Å². The van der Waals surface area contributed by atoms with Gasteiger partial charge in [-0.05, 0) is 82.0 Å². The Morgan fingerprint density at radius 2 is 1.77 bits per heavy atom. The molecule has 35 heavy (non-hydrogen) atoms. The van der Waals surface area contributed by atoms with Crippen molar-refractivity contribution < 1.29 is 19.0 Å². The van der Waals surface area contributed by atoms with Crippen LogP contribution in [0.2, 0.25) is 0 Å². The number of methoxy groups -OCH3 is 2. The van der Waals surface area contributed by atoms with E-state index in [4.69, 9.17) is 14.2 Å². The van der Waals surface area contributed by atoms with Gasteiger partial charge in [0.05, 0.1) is 29.3 Å². The summed E-state index contributed by atoms with van der Waals surface area (Å²) in [6.45, 7) is 2.41. The number of rotatable bonds is 8. The van der Waals surface area contributed by atoms with E-state index >= 15 is 0 Å². The van der Waals surface area contributed by atoms with Gasteiger partial charge in [-0.15, -0.1) is 0 Å². The highest BCUT2D eigenvalue weighted by Gasteiger charge is 2.28. The predicted molar refractivity (Wildman–Crippen MR) is 148 cm³/mol. The third-order valence-electron chi connectivity index (χ3n) is 5.22. The second-order valence-electron chi connectivity index (χ2n) is 7.78. The molecule has 6 nitrogen and oxygen atoms in total. The number of halogens is 2. The zero-order chi connectivity index (χ0) is 24.9. The number of hydrogen-bond donors (Lipinski definition) is 2. The maximum Gasteiger partial charge on any atom is 0.260 e. The molecule has 1 saturated heterocycles. The predicted octanol–water partition coefficient (Wildman–Crippen LogP) is 6.72. The van der Waals surface area contributed by atoms with E-state index < -0.39 is 0 Å². The fraction of sp³-hybridized carbons (Fsp3) is 0.192. The van der Waals surface area contributed by atoms with Gasteiger partial charge in [-0.25, -0.2) is 0 Å². The molecule has 0 bridgehead atoms. The zero-order valence-electron chi connectivity index (χ0n) is 19.4. The van der Waals surface area contributed by atoms with Gasteiger partial charge in [0.25, 0.3) is 5.91 Å². The van der Waals surface area contributed by atoms with E-state index in [1.807, 2.05) is 67.6 Å². The van der Waals surface area contributed by atoms with Gasteiger partial charge in [0.15, 0.2) is 17.0 Å². The van der Waals surface area contributed by atoms with E-state index in [2.05, 4.69) is 42.5 Å². The second-order valence-corrected chi connectivity index (χ2v) is 10.7. The van der Waals surface area contributed by atoms with Crippen molar-refractivity contribution in [3.63, 3.8) is 0 Å². The average molecular weight is 620 g/mol. The summed E-state index contributed by atoms with van der Waals surface area (Å²) in [5.41, 5.74) is 3.46. The highest BCUT2D eigenvalue weighted by atomic mass is 79.9. The van der Waals surface area contributed by atoms with Crippen molar-refractivity contribution >= 4 is 61.3 Å². The first kappa shape index (κ1) is 25.5. The fourth-order valence-corrected chi connectivity index (χ4v) is 5.31. The maximum atomic E-state index is 12.6. The average Bonchev–Trinajstić information content (AvgIpc) is 3.17. The molecular formula is C26H24Br2N2O4S. The molecule has 1 aliphatic rings. The standard InChI is InChI=1S/C26H24Br2N2O4S/c1-15-4-9-21(32-2)20(10-15)29-26-30-25(31)23(35-26)13-17-11-19(28)24(22(12-17)33-3)34-14-16-5-7-18(27)8-6-16/h4-13,26,29H,14H2,1-3H3,(H,30,31)/b23-13-. The summed E-state index contributed by atoms with van der Waals surface area (Å²) in [6, 6.07) is 17.6. The van der Waals surface area contributed by atoms with E-state index in [0.717, 1.165) is 37.1 Å². The maximum absolute atomic E-state index is 12.6. The Balaban J connectivity index is 1.49. The van der Waals surface area contributed by atoms with Gasteiger partial charge in [-0.2, -0.15) is 0 Å². The number of benzene rings is 3. The molecule has 0 spiro atoms. The van der Waals surface area contributed by atoms with Crippen molar-refractivity contribution in [3.05, 3.63) is 85.1 Å². The van der Waals surface area contributed by atoms with Gasteiger partial charge in [0, 0.05) is 4.47 Å². The first-order chi connectivity index (χ1) is 16.9. The van der Waals surface area contributed by atoms with Crippen LogP contribution in [-0.4, -0.2) is 25.6 Å². The largest absolute Gasteiger partial charge is 0.495 e. The molecule has 1 atom stereocenters. The molecule has 0 aromatic heterocycles. The Morgan fingerprint density at radius 1 is 1.03 bits per heavy atom. The van der Waals surface area contributed by atoms with E-state index in [9.17, 15) is 4.79 Å². The molecule has 1 heterocycles. The van der Waals surface area contributed by atoms with Crippen LogP contribution in [0.5, 0.6) is 17.2 Å². The van der Waals surface area contributed by atoms with Crippen LogP contribution in [0.1, 0.15) is 16.7 Å². The van der Waals surface area contributed by atoms with Crippen LogP contribution in [0.25, 0.3) is 6.08 Å². The summed E-state index contributed by atoms with van der Waals surface area (Å²) in [4.78, 5) is 13.2. The number of anilines is 1. The fourth-order valence-electron chi connectivity index (χ4n) is 3.49. The molecule has 182 valence electrons. The molecular weight excluding hydrogens is 596 g/mol. The Kier molecular flexibility index (Phi) is 8.30. The van der Waals surface area contributed by atoms with Crippen LogP contribution in [0.3, 0.4) is 0 Å². The van der Waals surface area contributed by atoms with Gasteiger partial charge in [-0.1, -0.05) is 45.9 Å². The normalized spacial score (nSPS) is 16.2. The molecule has 1 amide bonds. The van der Waals surface area contributed by atoms with Crippen LogP contribution >= 0.6 is 43.6 Å². The lowest BCUT2D eigenvalue weighted by Crippen LogP contribution is -2.31. The van der Waals surface area contributed by atoms with Crippen molar-refractivity contribution in [2.24, 2.45) is 0 Å². The van der Waals surface area contributed by atoms with Gasteiger partial charge >= 0.3 is 0 Å². The number of carbonyl (C=O) groups excluding carboxylic acids is 1. The van der Waals surface area contributed by atoms with Crippen LogP contribution in [0.15, 0.2) is 68.4 Å². The molecule has 1 unspecified atom stereocenters. The molecule has 0 saturated carbocycles. The minimum atomic E-state index is -0.316. The number of amides is 1. The van der Waals surface area contributed by atoms with E-state index in [0.29, 0.717) is 23.0 Å². The van der Waals surface area contributed by atoms with Crippen LogP contribution < -0.4 is 24.8 Å². The summed E-state index contributed by atoms with van der Waals surface area (Å²) < 4.78 is 18.8. The summed E-state index contributed by atoms with van der Waals surface area (Å²) in [6.07, 6.45) is 1.83. The molecule has 0 aliphatic carbocycles. The van der Waals surface area contributed by atoms with Gasteiger partial charge in [0.2, 0.25) is 0 Å². The lowest BCUT2D eigenvalue weighted by molar-refractivity contribution is -0.116. The molecule has 2 N–H and O–H groups in total. The molecule has 4 rings (SSSR count). The van der Waals surface area contributed by atoms with Crippen molar-refractivity contribution in [2.45, 2.75) is 19.0 Å². The molecule has 3 aromatic rings. The number of nitrogens with one attached hydrogen (secondary N) is 2. The monoisotopic (exact) mass is 618 g/mol. The minimum Gasteiger partial charge on any atom is -0.495 e. The van der Waals surface area contributed by atoms with Crippen LogP contribution in [-0.2, 0) is 11.4 Å². The Labute approximate surface area is 225 Å². The molecule has 0 radical (unpaired) electrons. The topological polar surface area (TPSA) is 68.8 Å². The quantitative estimate of drug-likeness (QED) is 0.273. The molecule has 1 aliphatic heterocycles. The highest BCUT2D eigenvalue weighted by molar-refractivity contribution is 9.10. The van der Waals surface area contributed by atoms with Crippen molar-refractivity contribution in [1.82, 2.24) is 5.32 Å². The Bertz CT molecular complexity index is 1260. The van der Waals surface area contributed by atoms with Crippen LogP contribution in [0.4, 0.5) is 5.69 Å². The summed E-state index contributed by atoms with van der Waals surface area (Å²) in [5.74, 6) is 1.75. The SMILES string of the molecule is COc1ccc(C)cc1NC1NC(=O)/C(=C/c2cc(Br)c(OCc3ccc(Br)cc3)c(OC)c2)S1. The molecule has 1 fully saturated rings. The van der Waals surface area contributed by atoms with Crippen molar-refractivity contribution in [1.29, 1.82) is 0 Å². The first-order valence-electron chi connectivity index (χ1n) is 10.7. The number of aryl methyl sites for hydroxylation is 1. The number of carbonyl (C=O) groups is 1. The summed E-state index contributed by atoms with van der Waals surface area (Å²) in [7, 11) is 3.22. The molecule has 9 heteroatoms. The van der Waals surface area contributed by atoms with Crippen LogP contribution in [0, 0.1) is 6.92 Å². The lowest BCUT2D eigenvalue weighted by atomic mass is 10.2. The van der Waals surface area contributed by atoms with E-state index in [1.54, 1.807) is 14.2 Å². The van der Waals surface area contributed by atoms with E-state index in [1.165, 1.54) is 11.8 Å². The number of hydrogen-bond acceptors (Lipinski definition) is 6. The Morgan fingerprint density at radius 3 is 2.49 bits per heavy atom. The minimum absolute atomic E-state index is 0.148. The third kappa shape index (κ3) is 6.34. The number of thioether (sulfide) groups is 1. The smallest absolute Gasteiger partial charge is 0.260 e. The van der Waals surface area contributed by atoms with E-state index in [-0.39, 0.29) is 11.4 Å². The highest BCUT2D eigenvalue weighted by Crippen LogP contribution is 2.39. The molecule has 3 aromatic carbocycles. The first-order valence-corrected chi connectivity index (χ1v) is 13.2. The third-order valence-corrected chi connectivity index (χ3v) is 7.36.